The van der Waals surface area contributed by atoms with Crippen LogP contribution in [0.2, 0.25) is 0 Å². The zero-order chi connectivity index (χ0) is 15.5. The zero-order valence-electron chi connectivity index (χ0n) is 10.7. The highest BCUT2D eigenvalue weighted by molar-refractivity contribution is 7.91. The molecule has 2 aromatic carbocycles. The number of sulfonamides is 1. The van der Waals surface area contributed by atoms with Gasteiger partial charge < -0.3 is 0 Å². The fraction of sp³-hybridized carbons (Fsp3) is 0.0714. The van der Waals surface area contributed by atoms with Gasteiger partial charge in [-0.3, -0.25) is 4.72 Å². The first-order valence-electron chi connectivity index (χ1n) is 5.84. The average Bonchev–Trinajstić information content (AvgIpc) is 2.42. The number of nitriles is 1. The van der Waals surface area contributed by atoms with Gasteiger partial charge in [0.25, 0.3) is 0 Å². The minimum Gasteiger partial charge on any atom is -0.280 e. The van der Waals surface area contributed by atoms with Gasteiger partial charge in [-0.15, -0.1) is 0 Å². The molecule has 0 unspecified atom stereocenters. The molecule has 0 bridgehead atoms. The highest BCUT2D eigenvalue weighted by atomic mass is 32.2. The maximum atomic E-state index is 13.4. The van der Waals surface area contributed by atoms with Crippen molar-refractivity contribution in [2.45, 2.75) is 5.75 Å². The van der Waals surface area contributed by atoms with E-state index in [2.05, 4.69) is 4.72 Å². The van der Waals surface area contributed by atoms with E-state index in [1.165, 1.54) is 24.3 Å². The smallest absolute Gasteiger partial charge is 0.237 e. The first-order chi connectivity index (χ1) is 9.89. The van der Waals surface area contributed by atoms with Crippen molar-refractivity contribution in [3.63, 3.8) is 0 Å². The summed E-state index contributed by atoms with van der Waals surface area (Å²) >= 11 is 0. The van der Waals surface area contributed by atoms with Gasteiger partial charge in [-0.05, 0) is 29.8 Å². The number of nitrogens with one attached hydrogen (secondary N) is 1. The van der Waals surface area contributed by atoms with Gasteiger partial charge >= 0.3 is 0 Å². The normalized spacial score (nSPS) is 10.9. The van der Waals surface area contributed by atoms with E-state index < -0.39 is 21.7 Å². The standard InChI is InChI=1S/C14H10F2N2O2S/c15-12-5-6-14(13(16)7-12)18-21(19,20)9-11-3-1-10(8-17)2-4-11/h1-7,18H,9H2. The molecule has 1 N–H and O–H groups in total. The lowest BCUT2D eigenvalue weighted by molar-refractivity contribution is 0.582. The Hall–Kier alpha value is -2.46. The molecular weight excluding hydrogens is 298 g/mol. The summed E-state index contributed by atoms with van der Waals surface area (Å²) in [5.74, 6) is -2.16. The van der Waals surface area contributed by atoms with Crippen molar-refractivity contribution >= 4 is 15.7 Å². The Morgan fingerprint density at radius 1 is 1.10 bits per heavy atom. The number of benzene rings is 2. The van der Waals surface area contributed by atoms with Gasteiger partial charge in [-0.25, -0.2) is 17.2 Å². The van der Waals surface area contributed by atoms with E-state index in [-0.39, 0.29) is 11.4 Å². The van der Waals surface area contributed by atoms with Gasteiger partial charge in [0.05, 0.1) is 23.1 Å². The summed E-state index contributed by atoms with van der Waals surface area (Å²) in [4.78, 5) is 0. The summed E-state index contributed by atoms with van der Waals surface area (Å²) < 4.78 is 52.1. The van der Waals surface area contributed by atoms with Crippen molar-refractivity contribution in [2.75, 3.05) is 4.72 Å². The maximum absolute atomic E-state index is 13.4. The molecule has 7 heteroatoms. The summed E-state index contributed by atoms with van der Waals surface area (Å²) in [6.45, 7) is 0. The van der Waals surface area contributed by atoms with Crippen LogP contribution in [0.15, 0.2) is 42.5 Å². The van der Waals surface area contributed by atoms with E-state index in [0.717, 1.165) is 12.1 Å². The van der Waals surface area contributed by atoms with Crippen molar-refractivity contribution in [3.8, 4) is 6.07 Å². The maximum Gasteiger partial charge on any atom is 0.237 e. The van der Waals surface area contributed by atoms with Crippen molar-refractivity contribution in [2.24, 2.45) is 0 Å². The second-order valence-electron chi connectivity index (χ2n) is 4.29. The Kier molecular flexibility index (Phi) is 4.19. The third-order valence-corrected chi connectivity index (χ3v) is 3.88. The summed E-state index contributed by atoms with van der Waals surface area (Å²) in [5, 5.41) is 8.66. The number of hydrogen-bond donors (Lipinski definition) is 1. The summed E-state index contributed by atoms with van der Waals surface area (Å²) in [6.07, 6.45) is 0. The molecule has 0 radical (unpaired) electrons. The molecule has 21 heavy (non-hydrogen) atoms. The quantitative estimate of drug-likeness (QED) is 0.944. The van der Waals surface area contributed by atoms with Crippen molar-refractivity contribution < 1.29 is 17.2 Å². The summed E-state index contributed by atoms with van der Waals surface area (Å²) in [6, 6.07) is 10.5. The van der Waals surface area contributed by atoms with Crippen LogP contribution in [0.25, 0.3) is 0 Å². The van der Waals surface area contributed by atoms with Crippen molar-refractivity contribution in [1.29, 1.82) is 5.26 Å². The predicted octanol–water partition coefficient (Wildman–Crippen LogP) is 2.78. The van der Waals surface area contributed by atoms with Crippen LogP contribution in [0.3, 0.4) is 0 Å². The summed E-state index contributed by atoms with van der Waals surface area (Å²) in [5.41, 5.74) is 0.544. The molecule has 2 rings (SSSR count). The number of rotatable bonds is 4. The van der Waals surface area contributed by atoms with Crippen LogP contribution in [0.5, 0.6) is 0 Å². The number of anilines is 1. The molecule has 2 aromatic rings. The zero-order valence-corrected chi connectivity index (χ0v) is 11.5. The number of hydrogen-bond acceptors (Lipinski definition) is 3. The molecule has 0 saturated carbocycles. The van der Waals surface area contributed by atoms with Gasteiger partial charge in [0.2, 0.25) is 10.0 Å². The van der Waals surface area contributed by atoms with E-state index in [1.807, 2.05) is 6.07 Å². The molecule has 0 aliphatic heterocycles. The highest BCUT2D eigenvalue weighted by Gasteiger charge is 2.14. The van der Waals surface area contributed by atoms with E-state index in [4.69, 9.17) is 5.26 Å². The molecular formula is C14H10F2N2O2S. The molecule has 0 fully saturated rings. The van der Waals surface area contributed by atoms with Crippen molar-refractivity contribution in [1.82, 2.24) is 0 Å². The van der Waals surface area contributed by atoms with E-state index in [9.17, 15) is 17.2 Å². The number of halogens is 2. The Balaban J connectivity index is 2.16. The molecule has 0 saturated heterocycles. The van der Waals surface area contributed by atoms with Crippen LogP contribution in [0, 0.1) is 23.0 Å². The van der Waals surface area contributed by atoms with Gasteiger partial charge in [-0.2, -0.15) is 5.26 Å². The average molecular weight is 308 g/mol. The molecule has 108 valence electrons. The first-order valence-corrected chi connectivity index (χ1v) is 7.49. The Morgan fingerprint density at radius 2 is 1.76 bits per heavy atom. The van der Waals surface area contributed by atoms with Crippen LogP contribution < -0.4 is 4.72 Å². The largest absolute Gasteiger partial charge is 0.280 e. The van der Waals surface area contributed by atoms with E-state index in [1.54, 1.807) is 0 Å². The fourth-order valence-corrected chi connectivity index (χ4v) is 2.87. The Morgan fingerprint density at radius 3 is 2.33 bits per heavy atom. The van der Waals surface area contributed by atoms with Gasteiger partial charge in [-0.1, -0.05) is 12.1 Å². The minimum absolute atomic E-state index is 0.315. The molecule has 0 amide bonds. The second-order valence-corrected chi connectivity index (χ2v) is 6.02. The molecule has 4 nitrogen and oxygen atoms in total. The highest BCUT2D eigenvalue weighted by Crippen LogP contribution is 2.18. The van der Waals surface area contributed by atoms with Crippen LogP contribution in [0.4, 0.5) is 14.5 Å². The Bertz CT molecular complexity index is 797. The topological polar surface area (TPSA) is 70.0 Å². The third kappa shape index (κ3) is 4.00. The summed E-state index contributed by atoms with van der Waals surface area (Å²) in [7, 11) is -3.84. The predicted molar refractivity (Wildman–Crippen MR) is 73.8 cm³/mol. The lowest BCUT2D eigenvalue weighted by Gasteiger charge is -2.09. The molecule has 0 heterocycles. The van der Waals surface area contributed by atoms with Gasteiger partial charge in [0.15, 0.2) is 0 Å². The molecule has 0 aromatic heterocycles. The van der Waals surface area contributed by atoms with Crippen LogP contribution in [0.1, 0.15) is 11.1 Å². The van der Waals surface area contributed by atoms with Crippen LogP contribution >= 0.6 is 0 Å². The second kappa shape index (κ2) is 5.89. The number of nitrogens with zero attached hydrogens (tertiary/aromatic N) is 1. The van der Waals surface area contributed by atoms with Gasteiger partial charge in [0, 0.05) is 6.07 Å². The van der Waals surface area contributed by atoms with E-state index >= 15 is 0 Å². The van der Waals surface area contributed by atoms with Crippen LogP contribution in [-0.2, 0) is 15.8 Å². The SMILES string of the molecule is N#Cc1ccc(CS(=O)(=O)Nc2ccc(F)cc2F)cc1. The van der Waals surface area contributed by atoms with E-state index in [0.29, 0.717) is 17.2 Å². The molecule has 0 aliphatic carbocycles. The monoisotopic (exact) mass is 308 g/mol. The fourth-order valence-electron chi connectivity index (χ4n) is 1.67. The Labute approximate surface area is 120 Å². The lowest BCUT2D eigenvalue weighted by atomic mass is 10.2. The minimum atomic E-state index is -3.84. The van der Waals surface area contributed by atoms with Crippen molar-refractivity contribution in [3.05, 3.63) is 65.2 Å². The lowest BCUT2D eigenvalue weighted by Crippen LogP contribution is -2.16. The molecule has 0 atom stereocenters. The molecule has 0 aliphatic rings. The van der Waals surface area contributed by atoms with Crippen LogP contribution in [-0.4, -0.2) is 8.42 Å². The first kappa shape index (κ1) is 14.9. The van der Waals surface area contributed by atoms with Gasteiger partial charge in [0.1, 0.15) is 11.6 Å². The molecule has 0 spiro atoms. The third-order valence-electron chi connectivity index (χ3n) is 2.64.